The van der Waals surface area contributed by atoms with Gasteiger partial charge in [0.05, 0.1) is 0 Å². The molecule has 144 valence electrons. The molecule has 0 unspecified atom stereocenters. The maximum atomic E-state index is 2.82. The quantitative estimate of drug-likeness (QED) is 0.252. The summed E-state index contributed by atoms with van der Waals surface area (Å²) in [7, 11) is -2.03. The van der Waals surface area contributed by atoms with E-state index in [9.17, 15) is 0 Å². The second kappa shape index (κ2) is 11.5. The molecule has 23 heavy (non-hydrogen) atoms. The summed E-state index contributed by atoms with van der Waals surface area (Å²) in [5, 5.41) is 2.91. The van der Waals surface area contributed by atoms with E-state index in [1.54, 1.807) is 0 Å². The molecule has 0 rings (SSSR count). The van der Waals surface area contributed by atoms with Gasteiger partial charge in [-0.05, 0) is 71.4 Å². The summed E-state index contributed by atoms with van der Waals surface area (Å²) in [6, 6.07) is 0. The van der Waals surface area contributed by atoms with E-state index >= 15 is 0 Å². The van der Waals surface area contributed by atoms with Crippen LogP contribution in [0.25, 0.3) is 0 Å². The van der Waals surface area contributed by atoms with Crippen molar-refractivity contribution in [3.05, 3.63) is 0 Å². The van der Waals surface area contributed by atoms with E-state index in [0.717, 1.165) is 0 Å². The molecule has 0 aliphatic rings. The highest BCUT2D eigenvalue weighted by molar-refractivity contribution is 8.70. The van der Waals surface area contributed by atoms with Gasteiger partial charge in [0.25, 0.3) is 0 Å². The van der Waals surface area contributed by atoms with Gasteiger partial charge in [0.1, 0.15) is 0 Å². The van der Waals surface area contributed by atoms with Crippen LogP contribution >= 0.6 is 55.3 Å². The van der Waals surface area contributed by atoms with Crippen LogP contribution < -0.4 is 0 Å². The maximum Gasteiger partial charge on any atom is 0.0135 e. The van der Waals surface area contributed by atoms with Gasteiger partial charge in [0.2, 0.25) is 0 Å². The lowest BCUT2D eigenvalue weighted by molar-refractivity contribution is 1.06. The first-order valence-electron chi connectivity index (χ1n) is 9.11. The van der Waals surface area contributed by atoms with Crippen LogP contribution in [0.4, 0.5) is 0 Å². The summed E-state index contributed by atoms with van der Waals surface area (Å²) in [6.07, 6.45) is 7.80. The fourth-order valence-electron chi connectivity index (χ4n) is 3.32. The molecule has 0 fully saturated rings. The largest absolute Gasteiger partial charge is 0.260 e. The zero-order valence-electron chi connectivity index (χ0n) is 16.5. The van der Waals surface area contributed by atoms with Gasteiger partial charge in [-0.3, -0.25) is 8.29 Å². The van der Waals surface area contributed by atoms with Crippen molar-refractivity contribution in [3.8, 4) is 0 Å². The molecule has 0 bridgehead atoms. The highest BCUT2D eigenvalue weighted by Crippen LogP contribution is 2.89. The van der Waals surface area contributed by atoms with Crippen LogP contribution in [-0.4, -0.2) is 68.7 Å². The predicted molar refractivity (Wildman–Crippen MR) is 130 cm³/mol. The average molecular weight is 419 g/mol. The standard InChI is InChI=1S/C18H42S5/c1-7-11-22-18-23(6,14-8-2,15-12-19-5,17-21-10-4)16-13-20-9-3/h7-18H2,1-6H3. The Morgan fingerprint density at radius 2 is 1.26 bits per heavy atom. The number of rotatable bonds is 16. The Labute approximate surface area is 163 Å². The highest BCUT2D eigenvalue weighted by Gasteiger charge is 2.54. The molecule has 0 aromatic heterocycles. The normalized spacial score (nSPS) is 15.4. The van der Waals surface area contributed by atoms with Crippen LogP contribution in [0.1, 0.15) is 40.5 Å². The van der Waals surface area contributed by atoms with E-state index in [1.807, 2.05) is 0 Å². The third-order valence-corrected chi connectivity index (χ3v) is 22.1. The lowest BCUT2D eigenvalue weighted by atomic mass is 10.6. The molecule has 0 saturated heterocycles. The topological polar surface area (TPSA) is 0 Å². The van der Waals surface area contributed by atoms with Gasteiger partial charge in [0, 0.05) is 10.2 Å². The first-order valence-corrected chi connectivity index (χ1v) is 17.7. The van der Waals surface area contributed by atoms with Crippen LogP contribution in [0.2, 0.25) is 0 Å². The second-order valence-corrected chi connectivity index (χ2v) is 21.7. The van der Waals surface area contributed by atoms with Crippen molar-refractivity contribution in [3.63, 3.8) is 0 Å². The number of thioether (sulfide) groups is 4. The minimum absolute atomic E-state index is 1.27. The van der Waals surface area contributed by atoms with E-state index in [-0.39, 0.29) is 0 Å². The molecule has 0 spiro atoms. The van der Waals surface area contributed by atoms with Crippen molar-refractivity contribution >= 4 is 55.3 Å². The first-order chi connectivity index (χ1) is 10.9. The zero-order chi connectivity index (χ0) is 17.7. The van der Waals surface area contributed by atoms with E-state index in [0.29, 0.717) is 0 Å². The molecular formula is C18H42S5. The fraction of sp³-hybridized carbons (Fsp3) is 1.00. The van der Waals surface area contributed by atoms with Crippen molar-refractivity contribution in [2.45, 2.75) is 40.5 Å². The zero-order valence-corrected chi connectivity index (χ0v) is 20.6. The summed E-state index contributed by atoms with van der Waals surface area (Å²) < 4.78 is 0. The lowest BCUT2D eigenvalue weighted by Crippen LogP contribution is -2.50. The summed E-state index contributed by atoms with van der Waals surface area (Å²) in [6.45, 7) is 9.42. The van der Waals surface area contributed by atoms with Crippen LogP contribution in [-0.2, 0) is 0 Å². The van der Waals surface area contributed by atoms with Gasteiger partial charge >= 0.3 is 0 Å². The van der Waals surface area contributed by atoms with Crippen LogP contribution in [0.15, 0.2) is 0 Å². The van der Waals surface area contributed by atoms with E-state index in [2.05, 4.69) is 87.3 Å². The Bertz CT molecular complexity index is 295. The minimum atomic E-state index is -2.03. The summed E-state index contributed by atoms with van der Waals surface area (Å²) >= 11 is 8.75. The third-order valence-electron chi connectivity index (χ3n) is 4.89. The Balaban J connectivity index is 5.68. The van der Waals surface area contributed by atoms with Crippen LogP contribution in [0, 0.1) is 0 Å². The first kappa shape index (κ1) is 24.8. The SMILES string of the molecule is CCCSCS(C)(CCC)(CCSC)(CCSCC)CSCC. The number of hydrogen-bond acceptors (Lipinski definition) is 4. The molecule has 5 heteroatoms. The Kier molecular flexibility index (Phi) is 12.3. The molecule has 0 radical (unpaired) electrons. The van der Waals surface area contributed by atoms with Crippen molar-refractivity contribution in [1.29, 1.82) is 0 Å². The molecule has 0 saturated carbocycles. The lowest BCUT2D eigenvalue weighted by Gasteiger charge is -2.77. The van der Waals surface area contributed by atoms with E-state index in [4.69, 9.17) is 0 Å². The van der Waals surface area contributed by atoms with E-state index < -0.39 is 8.29 Å². The molecule has 0 aromatic carbocycles. The molecule has 0 aliphatic carbocycles. The van der Waals surface area contributed by atoms with Crippen LogP contribution in [0.5, 0.6) is 0 Å². The Morgan fingerprint density at radius 1 is 0.652 bits per heavy atom. The van der Waals surface area contributed by atoms with Crippen molar-refractivity contribution in [2.75, 3.05) is 68.7 Å². The van der Waals surface area contributed by atoms with Crippen molar-refractivity contribution < 1.29 is 0 Å². The smallest absolute Gasteiger partial charge is 0.0135 e. The average Bonchev–Trinajstić information content (AvgIpc) is 2.53. The van der Waals surface area contributed by atoms with Crippen molar-refractivity contribution in [2.24, 2.45) is 0 Å². The monoisotopic (exact) mass is 418 g/mol. The fourth-order valence-corrected chi connectivity index (χ4v) is 22.3. The second-order valence-electron chi connectivity index (χ2n) is 7.42. The van der Waals surface area contributed by atoms with Gasteiger partial charge in [-0.15, -0.1) is 0 Å². The summed E-state index contributed by atoms with van der Waals surface area (Å²) in [4.78, 5) is 0. The molecule has 0 nitrogen and oxygen atoms in total. The highest BCUT2D eigenvalue weighted by atomic mass is 32.4. The molecule has 0 atom stereocenters. The van der Waals surface area contributed by atoms with Gasteiger partial charge in [-0.1, -0.05) is 27.7 Å². The van der Waals surface area contributed by atoms with Crippen LogP contribution in [0.3, 0.4) is 0 Å². The Morgan fingerprint density at radius 3 is 1.78 bits per heavy atom. The number of hydrogen-bond donors (Lipinski definition) is 0. The molecule has 0 amide bonds. The van der Waals surface area contributed by atoms with Gasteiger partial charge in [-0.2, -0.15) is 47.0 Å². The maximum absolute atomic E-state index is 2.82. The predicted octanol–water partition coefficient (Wildman–Crippen LogP) is 6.83. The Hall–Kier alpha value is 1.75. The van der Waals surface area contributed by atoms with Gasteiger partial charge in [0.15, 0.2) is 0 Å². The summed E-state index contributed by atoms with van der Waals surface area (Å²) in [5.74, 6) is 11.1. The van der Waals surface area contributed by atoms with Gasteiger partial charge in [-0.25, -0.2) is 0 Å². The molecule has 0 heterocycles. The summed E-state index contributed by atoms with van der Waals surface area (Å²) in [5.41, 5.74) is 0. The van der Waals surface area contributed by atoms with E-state index in [1.165, 1.54) is 69.0 Å². The minimum Gasteiger partial charge on any atom is -0.260 e. The molecule has 0 aromatic rings. The van der Waals surface area contributed by atoms with Crippen molar-refractivity contribution in [1.82, 2.24) is 0 Å². The molecule has 0 aliphatic heterocycles. The molecule has 0 N–H and O–H groups in total. The molecular weight excluding hydrogens is 377 g/mol. The third kappa shape index (κ3) is 7.88. The van der Waals surface area contributed by atoms with Gasteiger partial charge < -0.3 is 0 Å².